The third kappa shape index (κ3) is 5.17. The molecule has 1 saturated heterocycles. The number of rotatable bonds is 3. The van der Waals surface area contributed by atoms with Gasteiger partial charge in [-0.3, -0.25) is 0 Å². The molecule has 0 bridgehead atoms. The van der Waals surface area contributed by atoms with Crippen LogP contribution in [0.15, 0.2) is 30.3 Å². The van der Waals surface area contributed by atoms with Crippen molar-refractivity contribution in [2.75, 3.05) is 26.3 Å². The van der Waals surface area contributed by atoms with Gasteiger partial charge in [0.2, 0.25) is 0 Å². The van der Waals surface area contributed by atoms with Crippen molar-refractivity contribution in [1.82, 2.24) is 5.32 Å². The fraction of sp³-hybridized carbons (Fsp3) is 0.600. The SMILES string of the molecule is c1ccc(COC2CCCOCCNCC2)cc1. The van der Waals surface area contributed by atoms with E-state index in [0.717, 1.165) is 45.6 Å². The van der Waals surface area contributed by atoms with Gasteiger partial charge in [0, 0.05) is 13.2 Å². The second kappa shape index (κ2) is 8.25. The average Bonchev–Trinajstić information content (AvgIpc) is 2.44. The lowest BCUT2D eigenvalue weighted by molar-refractivity contribution is 0.0179. The first kappa shape index (κ1) is 13.5. The third-order valence-electron chi connectivity index (χ3n) is 3.21. The van der Waals surface area contributed by atoms with Crippen molar-refractivity contribution in [2.24, 2.45) is 0 Å². The number of hydrogen-bond acceptors (Lipinski definition) is 3. The van der Waals surface area contributed by atoms with E-state index in [4.69, 9.17) is 9.47 Å². The summed E-state index contributed by atoms with van der Waals surface area (Å²) in [4.78, 5) is 0. The maximum absolute atomic E-state index is 6.01. The van der Waals surface area contributed by atoms with Gasteiger partial charge < -0.3 is 14.8 Å². The first-order valence-corrected chi connectivity index (χ1v) is 6.89. The lowest BCUT2D eigenvalue weighted by Crippen LogP contribution is -2.27. The van der Waals surface area contributed by atoms with Crippen LogP contribution in [0.25, 0.3) is 0 Å². The Morgan fingerprint density at radius 1 is 1.11 bits per heavy atom. The van der Waals surface area contributed by atoms with Gasteiger partial charge in [-0.2, -0.15) is 0 Å². The van der Waals surface area contributed by atoms with Gasteiger partial charge in [-0.1, -0.05) is 30.3 Å². The number of benzene rings is 1. The van der Waals surface area contributed by atoms with Crippen LogP contribution in [0, 0.1) is 0 Å². The molecule has 1 heterocycles. The Bertz CT molecular complexity index is 306. The van der Waals surface area contributed by atoms with Crippen LogP contribution in [0.2, 0.25) is 0 Å². The molecule has 2 rings (SSSR count). The van der Waals surface area contributed by atoms with Gasteiger partial charge in [0.15, 0.2) is 0 Å². The highest BCUT2D eigenvalue weighted by Crippen LogP contribution is 2.11. The third-order valence-corrected chi connectivity index (χ3v) is 3.21. The van der Waals surface area contributed by atoms with Gasteiger partial charge in [0.25, 0.3) is 0 Å². The van der Waals surface area contributed by atoms with E-state index in [2.05, 4.69) is 29.6 Å². The van der Waals surface area contributed by atoms with Crippen molar-refractivity contribution in [1.29, 1.82) is 0 Å². The largest absolute Gasteiger partial charge is 0.380 e. The van der Waals surface area contributed by atoms with E-state index >= 15 is 0 Å². The van der Waals surface area contributed by atoms with Crippen LogP contribution >= 0.6 is 0 Å². The smallest absolute Gasteiger partial charge is 0.0720 e. The van der Waals surface area contributed by atoms with E-state index < -0.39 is 0 Å². The molecular weight excluding hydrogens is 226 g/mol. The molecule has 1 aliphatic heterocycles. The van der Waals surface area contributed by atoms with Gasteiger partial charge in [0.1, 0.15) is 0 Å². The molecule has 1 aromatic rings. The maximum Gasteiger partial charge on any atom is 0.0720 e. The normalized spacial score (nSPS) is 22.6. The molecule has 0 aromatic heterocycles. The topological polar surface area (TPSA) is 30.5 Å². The van der Waals surface area contributed by atoms with Crippen molar-refractivity contribution in [3.8, 4) is 0 Å². The Morgan fingerprint density at radius 2 is 2.00 bits per heavy atom. The van der Waals surface area contributed by atoms with Crippen molar-refractivity contribution in [3.63, 3.8) is 0 Å². The Kier molecular flexibility index (Phi) is 6.20. The molecule has 1 fully saturated rings. The average molecular weight is 249 g/mol. The Labute approximate surface area is 109 Å². The predicted octanol–water partition coefficient (Wildman–Crippen LogP) is 2.36. The lowest BCUT2D eigenvalue weighted by atomic mass is 10.1. The fourth-order valence-corrected chi connectivity index (χ4v) is 2.15. The minimum Gasteiger partial charge on any atom is -0.380 e. The molecule has 1 aliphatic rings. The van der Waals surface area contributed by atoms with E-state index in [1.54, 1.807) is 0 Å². The molecule has 0 amide bonds. The first-order chi connectivity index (χ1) is 8.95. The Balaban J connectivity index is 1.74. The van der Waals surface area contributed by atoms with Gasteiger partial charge in [-0.15, -0.1) is 0 Å². The lowest BCUT2D eigenvalue weighted by Gasteiger charge is -2.20. The van der Waals surface area contributed by atoms with Crippen molar-refractivity contribution >= 4 is 0 Å². The number of ether oxygens (including phenoxy) is 2. The molecule has 1 N–H and O–H groups in total. The molecule has 0 saturated carbocycles. The minimum atomic E-state index is 0.347. The molecule has 18 heavy (non-hydrogen) atoms. The molecule has 0 aliphatic carbocycles. The van der Waals surface area contributed by atoms with E-state index in [0.29, 0.717) is 12.7 Å². The first-order valence-electron chi connectivity index (χ1n) is 6.89. The van der Waals surface area contributed by atoms with Crippen LogP contribution in [-0.2, 0) is 16.1 Å². The Morgan fingerprint density at radius 3 is 2.89 bits per heavy atom. The Hall–Kier alpha value is -0.900. The second-order valence-corrected chi connectivity index (χ2v) is 4.71. The number of nitrogens with one attached hydrogen (secondary N) is 1. The number of hydrogen-bond donors (Lipinski definition) is 1. The molecule has 0 spiro atoms. The summed E-state index contributed by atoms with van der Waals surface area (Å²) < 4.78 is 11.5. The molecular formula is C15H23NO2. The summed E-state index contributed by atoms with van der Waals surface area (Å²) in [5, 5.41) is 3.38. The molecule has 3 nitrogen and oxygen atoms in total. The van der Waals surface area contributed by atoms with Crippen LogP contribution in [0.1, 0.15) is 24.8 Å². The monoisotopic (exact) mass is 249 g/mol. The summed E-state index contributed by atoms with van der Waals surface area (Å²) >= 11 is 0. The zero-order valence-electron chi connectivity index (χ0n) is 10.9. The van der Waals surface area contributed by atoms with Crippen LogP contribution in [0.4, 0.5) is 0 Å². The molecule has 1 aromatic carbocycles. The predicted molar refractivity (Wildman–Crippen MR) is 72.6 cm³/mol. The van der Waals surface area contributed by atoms with Gasteiger partial charge in [-0.05, 0) is 31.4 Å². The van der Waals surface area contributed by atoms with E-state index in [1.807, 2.05) is 6.07 Å². The van der Waals surface area contributed by atoms with Crippen LogP contribution in [-0.4, -0.2) is 32.4 Å². The van der Waals surface area contributed by atoms with Gasteiger partial charge >= 0.3 is 0 Å². The summed E-state index contributed by atoms with van der Waals surface area (Å²) in [5.74, 6) is 0. The maximum atomic E-state index is 6.01. The van der Waals surface area contributed by atoms with Crippen molar-refractivity contribution in [3.05, 3.63) is 35.9 Å². The molecule has 100 valence electrons. The zero-order chi connectivity index (χ0) is 12.5. The van der Waals surface area contributed by atoms with Crippen LogP contribution < -0.4 is 5.32 Å². The highest BCUT2D eigenvalue weighted by molar-refractivity contribution is 5.13. The van der Waals surface area contributed by atoms with E-state index in [1.165, 1.54) is 5.56 Å². The van der Waals surface area contributed by atoms with Crippen molar-refractivity contribution < 1.29 is 9.47 Å². The minimum absolute atomic E-state index is 0.347. The van der Waals surface area contributed by atoms with Crippen molar-refractivity contribution in [2.45, 2.75) is 32.0 Å². The summed E-state index contributed by atoms with van der Waals surface area (Å²) in [6.45, 7) is 4.36. The van der Waals surface area contributed by atoms with Gasteiger partial charge in [-0.25, -0.2) is 0 Å². The van der Waals surface area contributed by atoms with Crippen LogP contribution in [0.3, 0.4) is 0 Å². The molecule has 1 unspecified atom stereocenters. The van der Waals surface area contributed by atoms with Crippen LogP contribution in [0.5, 0.6) is 0 Å². The fourth-order valence-electron chi connectivity index (χ4n) is 2.15. The second-order valence-electron chi connectivity index (χ2n) is 4.71. The standard InChI is InChI=1S/C15H23NO2/c1-2-5-14(6-3-1)13-18-15-7-4-11-17-12-10-16-9-8-15/h1-3,5-6,15-16H,4,7-13H2. The van der Waals surface area contributed by atoms with Gasteiger partial charge in [0.05, 0.1) is 19.3 Å². The summed E-state index contributed by atoms with van der Waals surface area (Å²) in [6, 6.07) is 10.4. The molecule has 3 heteroatoms. The quantitative estimate of drug-likeness (QED) is 0.892. The molecule has 1 atom stereocenters. The van der Waals surface area contributed by atoms with E-state index in [-0.39, 0.29) is 0 Å². The summed E-state index contributed by atoms with van der Waals surface area (Å²) in [7, 11) is 0. The zero-order valence-corrected chi connectivity index (χ0v) is 10.9. The van der Waals surface area contributed by atoms with E-state index in [9.17, 15) is 0 Å². The highest BCUT2D eigenvalue weighted by Gasteiger charge is 2.10. The highest BCUT2D eigenvalue weighted by atomic mass is 16.5. The summed E-state index contributed by atoms with van der Waals surface area (Å²) in [6.07, 6.45) is 3.63. The molecule has 0 radical (unpaired) electrons. The summed E-state index contributed by atoms with van der Waals surface area (Å²) in [5.41, 5.74) is 1.25.